The van der Waals surface area contributed by atoms with Crippen LogP contribution in [-0.2, 0) is 16.6 Å². The number of sulfonamides is 1. The molecule has 0 heterocycles. The third-order valence-corrected chi connectivity index (χ3v) is 4.67. The van der Waals surface area contributed by atoms with Gasteiger partial charge in [0, 0.05) is 12.1 Å². The number of amidine groups is 1. The highest BCUT2D eigenvalue weighted by molar-refractivity contribution is 7.90. The van der Waals surface area contributed by atoms with E-state index in [0.717, 1.165) is 18.4 Å². The van der Waals surface area contributed by atoms with E-state index in [9.17, 15) is 8.42 Å². The van der Waals surface area contributed by atoms with Crippen LogP contribution < -0.4 is 10.5 Å². The summed E-state index contributed by atoms with van der Waals surface area (Å²) in [6.07, 6.45) is 1.47. The van der Waals surface area contributed by atoms with E-state index in [1.165, 1.54) is 0 Å². The minimum atomic E-state index is -3.18. The smallest absolute Gasteiger partial charge is 0.214 e. The fourth-order valence-corrected chi connectivity index (χ4v) is 2.94. The second-order valence-electron chi connectivity index (χ2n) is 4.25. The van der Waals surface area contributed by atoms with Gasteiger partial charge in [-0.1, -0.05) is 23.4 Å². The zero-order chi connectivity index (χ0) is 13.2. The molecule has 0 bridgehead atoms. The number of oxime groups is 1. The van der Waals surface area contributed by atoms with Crippen molar-refractivity contribution in [3.05, 3.63) is 35.4 Å². The van der Waals surface area contributed by atoms with Gasteiger partial charge in [-0.15, -0.1) is 0 Å². The summed E-state index contributed by atoms with van der Waals surface area (Å²) >= 11 is 0. The Balaban J connectivity index is 2.06. The highest BCUT2D eigenvalue weighted by atomic mass is 32.2. The van der Waals surface area contributed by atoms with Crippen LogP contribution in [0.1, 0.15) is 24.0 Å². The predicted molar refractivity (Wildman–Crippen MR) is 67.7 cm³/mol. The van der Waals surface area contributed by atoms with E-state index < -0.39 is 10.0 Å². The zero-order valence-electron chi connectivity index (χ0n) is 9.70. The minimum absolute atomic E-state index is 0.00176. The molecule has 0 radical (unpaired) electrons. The molecule has 1 fully saturated rings. The molecular weight excluding hydrogens is 254 g/mol. The van der Waals surface area contributed by atoms with Crippen molar-refractivity contribution >= 4 is 15.9 Å². The molecular formula is C11H15N3O3S. The fourth-order valence-electron chi connectivity index (χ4n) is 1.58. The lowest BCUT2D eigenvalue weighted by Crippen LogP contribution is -2.26. The molecule has 2 rings (SSSR count). The summed E-state index contributed by atoms with van der Waals surface area (Å²) in [5.74, 6) is 0.00176. The number of rotatable bonds is 5. The molecule has 4 N–H and O–H groups in total. The van der Waals surface area contributed by atoms with Gasteiger partial charge in [-0.25, -0.2) is 13.1 Å². The molecule has 6 nitrogen and oxygen atoms in total. The molecule has 0 amide bonds. The van der Waals surface area contributed by atoms with Crippen LogP contribution in [0, 0.1) is 0 Å². The molecule has 0 atom stereocenters. The first-order valence-electron chi connectivity index (χ1n) is 5.58. The van der Waals surface area contributed by atoms with Gasteiger partial charge in [0.2, 0.25) is 10.0 Å². The van der Waals surface area contributed by atoms with Gasteiger partial charge in [-0.05, 0) is 24.5 Å². The molecule has 7 heteroatoms. The second-order valence-corrected chi connectivity index (χ2v) is 6.30. The standard InChI is InChI=1S/C11H15N3O3S/c12-11(14-15)9-3-1-2-8(6-9)7-13-18(16,17)10-4-5-10/h1-3,6,10,13,15H,4-5,7H2,(H2,12,14). The minimum Gasteiger partial charge on any atom is -0.409 e. The number of hydrogen-bond acceptors (Lipinski definition) is 4. The van der Waals surface area contributed by atoms with E-state index in [1.807, 2.05) is 0 Å². The second kappa shape index (κ2) is 4.95. The van der Waals surface area contributed by atoms with Crippen molar-refractivity contribution in [2.45, 2.75) is 24.6 Å². The van der Waals surface area contributed by atoms with Crippen LogP contribution >= 0.6 is 0 Å². The van der Waals surface area contributed by atoms with Gasteiger partial charge in [0.1, 0.15) is 0 Å². The first kappa shape index (κ1) is 12.8. The lowest BCUT2D eigenvalue weighted by atomic mass is 10.1. The van der Waals surface area contributed by atoms with Crippen LogP contribution in [0.5, 0.6) is 0 Å². The van der Waals surface area contributed by atoms with Crippen molar-refractivity contribution in [3.63, 3.8) is 0 Å². The van der Waals surface area contributed by atoms with Gasteiger partial charge in [0.15, 0.2) is 5.84 Å². The number of benzene rings is 1. The van der Waals surface area contributed by atoms with Gasteiger partial charge in [-0.3, -0.25) is 0 Å². The Morgan fingerprint density at radius 3 is 2.83 bits per heavy atom. The summed E-state index contributed by atoms with van der Waals surface area (Å²) < 4.78 is 25.8. The van der Waals surface area contributed by atoms with Crippen molar-refractivity contribution in [1.29, 1.82) is 0 Å². The van der Waals surface area contributed by atoms with Gasteiger partial charge in [-0.2, -0.15) is 0 Å². The number of nitrogens with zero attached hydrogens (tertiary/aromatic N) is 1. The maximum Gasteiger partial charge on any atom is 0.214 e. The van der Waals surface area contributed by atoms with E-state index in [1.54, 1.807) is 24.3 Å². The molecule has 18 heavy (non-hydrogen) atoms. The van der Waals surface area contributed by atoms with E-state index in [-0.39, 0.29) is 17.6 Å². The first-order valence-corrected chi connectivity index (χ1v) is 7.13. The Hall–Kier alpha value is -1.60. The van der Waals surface area contributed by atoms with Crippen LogP contribution in [0.4, 0.5) is 0 Å². The van der Waals surface area contributed by atoms with E-state index in [4.69, 9.17) is 10.9 Å². The molecule has 1 saturated carbocycles. The Morgan fingerprint density at radius 2 is 2.22 bits per heavy atom. The molecule has 0 saturated heterocycles. The molecule has 0 spiro atoms. The normalized spacial score (nSPS) is 16.8. The molecule has 1 aromatic carbocycles. The molecule has 0 aliphatic heterocycles. The third kappa shape index (κ3) is 2.99. The number of hydrogen-bond donors (Lipinski definition) is 3. The summed E-state index contributed by atoms with van der Waals surface area (Å²) in [5.41, 5.74) is 6.79. The lowest BCUT2D eigenvalue weighted by Gasteiger charge is -2.06. The average molecular weight is 269 g/mol. The largest absolute Gasteiger partial charge is 0.409 e. The van der Waals surface area contributed by atoms with Gasteiger partial charge >= 0.3 is 0 Å². The van der Waals surface area contributed by atoms with Crippen LogP contribution in [0.25, 0.3) is 0 Å². The fraction of sp³-hybridized carbons (Fsp3) is 0.364. The van der Waals surface area contributed by atoms with Crippen LogP contribution in [0.15, 0.2) is 29.4 Å². The Morgan fingerprint density at radius 1 is 1.50 bits per heavy atom. The van der Waals surface area contributed by atoms with E-state index >= 15 is 0 Å². The predicted octanol–water partition coefficient (Wildman–Crippen LogP) is 0.363. The van der Waals surface area contributed by atoms with Crippen molar-refractivity contribution < 1.29 is 13.6 Å². The molecule has 1 aliphatic carbocycles. The highest BCUT2D eigenvalue weighted by Crippen LogP contribution is 2.27. The maximum atomic E-state index is 11.6. The van der Waals surface area contributed by atoms with Gasteiger partial charge in [0.05, 0.1) is 5.25 Å². The van der Waals surface area contributed by atoms with Gasteiger partial charge in [0.25, 0.3) is 0 Å². The molecule has 98 valence electrons. The van der Waals surface area contributed by atoms with Crippen LogP contribution in [-0.4, -0.2) is 24.7 Å². The third-order valence-electron chi connectivity index (χ3n) is 2.77. The number of nitrogens with two attached hydrogens (primary N) is 1. The van der Waals surface area contributed by atoms with E-state index in [2.05, 4.69) is 9.88 Å². The summed E-state index contributed by atoms with van der Waals surface area (Å²) in [6.45, 7) is 0.214. The van der Waals surface area contributed by atoms with E-state index in [0.29, 0.717) is 5.56 Å². The summed E-state index contributed by atoms with van der Waals surface area (Å²) in [4.78, 5) is 0. The van der Waals surface area contributed by atoms with Gasteiger partial charge < -0.3 is 10.9 Å². The zero-order valence-corrected chi connectivity index (χ0v) is 10.5. The number of nitrogens with one attached hydrogen (secondary N) is 1. The molecule has 0 unspecified atom stereocenters. The maximum absolute atomic E-state index is 11.6. The summed E-state index contributed by atoms with van der Waals surface area (Å²) in [7, 11) is -3.18. The van der Waals surface area contributed by atoms with Crippen molar-refractivity contribution in [2.75, 3.05) is 0 Å². The molecule has 1 aromatic rings. The Labute approximate surface area is 106 Å². The monoisotopic (exact) mass is 269 g/mol. The van der Waals surface area contributed by atoms with Crippen molar-refractivity contribution in [3.8, 4) is 0 Å². The molecule has 1 aliphatic rings. The Bertz CT molecular complexity index is 565. The van der Waals surface area contributed by atoms with Crippen LogP contribution in [0.3, 0.4) is 0 Å². The van der Waals surface area contributed by atoms with Crippen molar-refractivity contribution in [1.82, 2.24) is 4.72 Å². The highest BCUT2D eigenvalue weighted by Gasteiger charge is 2.35. The first-order chi connectivity index (χ1) is 8.53. The summed E-state index contributed by atoms with van der Waals surface area (Å²) in [6, 6.07) is 6.89. The average Bonchev–Trinajstić information content (AvgIpc) is 3.20. The SMILES string of the molecule is NC(=NO)c1cccc(CNS(=O)(=O)C2CC2)c1. The quantitative estimate of drug-likeness (QED) is 0.311. The van der Waals surface area contributed by atoms with Crippen LogP contribution in [0.2, 0.25) is 0 Å². The van der Waals surface area contributed by atoms with Crippen molar-refractivity contribution in [2.24, 2.45) is 10.9 Å². The lowest BCUT2D eigenvalue weighted by molar-refractivity contribution is 0.318. The topological polar surface area (TPSA) is 105 Å². The summed E-state index contributed by atoms with van der Waals surface area (Å²) in [5, 5.41) is 11.2. The Kier molecular flexibility index (Phi) is 3.53. The molecule has 0 aromatic heterocycles.